The van der Waals surface area contributed by atoms with Crippen LogP contribution in [0.5, 0.6) is 5.75 Å². The van der Waals surface area contributed by atoms with Crippen molar-refractivity contribution in [2.45, 2.75) is 12.5 Å². The highest BCUT2D eigenvalue weighted by molar-refractivity contribution is 5.90. The molecule has 1 unspecified atom stereocenters. The summed E-state index contributed by atoms with van der Waals surface area (Å²) in [5.74, 6) is -1.96. The molecule has 0 saturated carbocycles. The predicted molar refractivity (Wildman–Crippen MR) is 69.5 cm³/mol. The van der Waals surface area contributed by atoms with Crippen LogP contribution in [0.15, 0.2) is 24.3 Å². The number of amides is 2. The van der Waals surface area contributed by atoms with Gasteiger partial charge in [0.15, 0.2) is 18.2 Å². The molecule has 0 fully saturated rings. The van der Waals surface area contributed by atoms with Crippen LogP contribution in [0.1, 0.15) is 6.92 Å². The minimum absolute atomic E-state index is 0.0461. The maximum atomic E-state index is 13.3. The fourth-order valence-electron chi connectivity index (χ4n) is 1.51. The van der Waals surface area contributed by atoms with Gasteiger partial charge in [-0.2, -0.15) is 0 Å². The number of ether oxygens (including phenoxy) is 2. The smallest absolute Gasteiger partial charge is 0.258 e. The van der Waals surface area contributed by atoms with Crippen molar-refractivity contribution in [1.29, 1.82) is 0 Å². The standard InChI is InChI=1S/C13H17FN2O4/c1-13(8-19-2,12(15)18)16-11(17)7-20-10-6-4-3-5-9(10)14/h3-6H,7-8H2,1-2H3,(H2,15,18)(H,16,17). The van der Waals surface area contributed by atoms with Crippen molar-refractivity contribution in [3.8, 4) is 5.75 Å². The number of nitrogens with one attached hydrogen (secondary N) is 1. The van der Waals surface area contributed by atoms with Crippen molar-refractivity contribution in [2.24, 2.45) is 5.73 Å². The van der Waals surface area contributed by atoms with Crippen LogP contribution in [0.2, 0.25) is 0 Å². The molecule has 7 heteroatoms. The second-order valence-electron chi connectivity index (χ2n) is 4.40. The molecule has 110 valence electrons. The van der Waals surface area contributed by atoms with E-state index in [1.807, 2.05) is 0 Å². The number of carbonyl (C=O) groups is 2. The summed E-state index contributed by atoms with van der Waals surface area (Å²) in [6, 6.07) is 5.69. The molecular formula is C13H17FN2O4. The zero-order chi connectivity index (χ0) is 15.2. The van der Waals surface area contributed by atoms with Crippen LogP contribution < -0.4 is 15.8 Å². The highest BCUT2D eigenvalue weighted by Gasteiger charge is 2.33. The zero-order valence-corrected chi connectivity index (χ0v) is 11.3. The third-order valence-electron chi connectivity index (χ3n) is 2.59. The van der Waals surface area contributed by atoms with Gasteiger partial charge in [0.25, 0.3) is 5.91 Å². The Morgan fingerprint density at radius 1 is 1.40 bits per heavy atom. The van der Waals surface area contributed by atoms with E-state index >= 15 is 0 Å². The van der Waals surface area contributed by atoms with Crippen molar-refractivity contribution in [3.05, 3.63) is 30.1 Å². The summed E-state index contributed by atoms with van der Waals surface area (Å²) < 4.78 is 23.1. The molecule has 20 heavy (non-hydrogen) atoms. The number of benzene rings is 1. The minimum Gasteiger partial charge on any atom is -0.481 e. The van der Waals surface area contributed by atoms with E-state index in [-0.39, 0.29) is 12.4 Å². The number of methoxy groups -OCH3 is 1. The zero-order valence-electron chi connectivity index (χ0n) is 11.3. The summed E-state index contributed by atoms with van der Waals surface area (Å²) in [5.41, 5.74) is 3.86. The normalized spacial score (nSPS) is 13.3. The molecule has 0 aliphatic carbocycles. The monoisotopic (exact) mass is 284 g/mol. The average Bonchev–Trinajstić information content (AvgIpc) is 2.38. The second kappa shape index (κ2) is 6.85. The Bertz CT molecular complexity index is 495. The Morgan fingerprint density at radius 2 is 2.05 bits per heavy atom. The highest BCUT2D eigenvalue weighted by atomic mass is 19.1. The Morgan fingerprint density at radius 3 is 2.60 bits per heavy atom. The molecule has 1 aromatic rings. The number of hydrogen-bond acceptors (Lipinski definition) is 4. The molecule has 3 N–H and O–H groups in total. The lowest BCUT2D eigenvalue weighted by Crippen LogP contribution is -2.59. The van der Waals surface area contributed by atoms with E-state index < -0.39 is 29.8 Å². The number of rotatable bonds is 7. The lowest BCUT2D eigenvalue weighted by molar-refractivity contribution is -0.134. The van der Waals surface area contributed by atoms with Crippen LogP contribution in [0.4, 0.5) is 4.39 Å². The molecule has 0 aromatic heterocycles. The van der Waals surface area contributed by atoms with E-state index in [1.165, 1.54) is 32.2 Å². The van der Waals surface area contributed by atoms with Crippen molar-refractivity contribution >= 4 is 11.8 Å². The SMILES string of the molecule is COCC(C)(NC(=O)COc1ccccc1F)C(N)=O. The molecule has 0 aliphatic heterocycles. The first-order valence-electron chi connectivity index (χ1n) is 5.86. The van der Waals surface area contributed by atoms with E-state index in [1.54, 1.807) is 6.07 Å². The molecule has 0 saturated heterocycles. The third kappa shape index (κ3) is 4.20. The summed E-state index contributed by atoms with van der Waals surface area (Å²) in [4.78, 5) is 23.0. The third-order valence-corrected chi connectivity index (χ3v) is 2.59. The van der Waals surface area contributed by atoms with Gasteiger partial charge in [-0.3, -0.25) is 9.59 Å². The highest BCUT2D eigenvalue weighted by Crippen LogP contribution is 2.15. The number of primary amides is 1. The van der Waals surface area contributed by atoms with Crippen LogP contribution in [-0.4, -0.2) is 37.7 Å². The van der Waals surface area contributed by atoms with Crippen LogP contribution >= 0.6 is 0 Å². The quantitative estimate of drug-likeness (QED) is 0.749. The molecular weight excluding hydrogens is 267 g/mol. The molecule has 0 radical (unpaired) electrons. The number of hydrogen-bond donors (Lipinski definition) is 2. The first-order valence-corrected chi connectivity index (χ1v) is 5.86. The lowest BCUT2D eigenvalue weighted by atomic mass is 10.0. The largest absolute Gasteiger partial charge is 0.481 e. The van der Waals surface area contributed by atoms with Crippen LogP contribution in [0.3, 0.4) is 0 Å². The minimum atomic E-state index is -1.34. The molecule has 0 bridgehead atoms. The lowest BCUT2D eigenvalue weighted by Gasteiger charge is -2.26. The van der Waals surface area contributed by atoms with Gasteiger partial charge in [0.1, 0.15) is 5.54 Å². The maximum Gasteiger partial charge on any atom is 0.258 e. The van der Waals surface area contributed by atoms with Gasteiger partial charge in [-0.15, -0.1) is 0 Å². The molecule has 0 spiro atoms. The van der Waals surface area contributed by atoms with Crippen molar-refractivity contribution < 1.29 is 23.5 Å². The van der Waals surface area contributed by atoms with E-state index in [0.717, 1.165) is 0 Å². The number of halogens is 1. The molecule has 0 aliphatic rings. The summed E-state index contributed by atoms with van der Waals surface area (Å²) >= 11 is 0. The Kier molecular flexibility index (Phi) is 5.45. The average molecular weight is 284 g/mol. The maximum absolute atomic E-state index is 13.3. The first-order chi connectivity index (χ1) is 9.39. The topological polar surface area (TPSA) is 90.7 Å². The van der Waals surface area contributed by atoms with Gasteiger partial charge in [-0.1, -0.05) is 12.1 Å². The van der Waals surface area contributed by atoms with Crippen molar-refractivity contribution in [3.63, 3.8) is 0 Å². The van der Waals surface area contributed by atoms with E-state index in [4.69, 9.17) is 15.2 Å². The van der Waals surface area contributed by atoms with Gasteiger partial charge < -0.3 is 20.5 Å². The van der Waals surface area contributed by atoms with Crippen LogP contribution in [0.25, 0.3) is 0 Å². The van der Waals surface area contributed by atoms with E-state index in [2.05, 4.69) is 5.32 Å². The van der Waals surface area contributed by atoms with Gasteiger partial charge in [0.05, 0.1) is 6.61 Å². The number of carbonyl (C=O) groups excluding carboxylic acids is 2. The van der Waals surface area contributed by atoms with E-state index in [0.29, 0.717) is 0 Å². The van der Waals surface area contributed by atoms with Gasteiger partial charge >= 0.3 is 0 Å². The first kappa shape index (κ1) is 15.9. The molecule has 0 heterocycles. The molecule has 1 atom stereocenters. The van der Waals surface area contributed by atoms with Gasteiger partial charge in [-0.05, 0) is 19.1 Å². The number of para-hydroxylation sites is 1. The Hall–Kier alpha value is -2.15. The molecule has 2 amide bonds. The van der Waals surface area contributed by atoms with Gasteiger partial charge in [-0.25, -0.2) is 4.39 Å². The van der Waals surface area contributed by atoms with Gasteiger partial charge in [0.2, 0.25) is 5.91 Å². The van der Waals surface area contributed by atoms with Gasteiger partial charge in [0, 0.05) is 7.11 Å². The summed E-state index contributed by atoms with van der Waals surface area (Å²) in [6.07, 6.45) is 0. The second-order valence-corrected chi connectivity index (χ2v) is 4.40. The van der Waals surface area contributed by atoms with E-state index in [9.17, 15) is 14.0 Å². The summed E-state index contributed by atoms with van der Waals surface area (Å²) in [7, 11) is 1.38. The summed E-state index contributed by atoms with van der Waals surface area (Å²) in [5, 5.41) is 2.40. The van der Waals surface area contributed by atoms with Crippen LogP contribution in [-0.2, 0) is 14.3 Å². The predicted octanol–water partition coefficient (Wildman–Crippen LogP) is 0.211. The molecule has 1 aromatic carbocycles. The fraction of sp³-hybridized carbons (Fsp3) is 0.385. The fourth-order valence-corrected chi connectivity index (χ4v) is 1.51. The molecule has 6 nitrogen and oxygen atoms in total. The Balaban J connectivity index is 2.59. The summed E-state index contributed by atoms with van der Waals surface area (Å²) in [6.45, 7) is 0.918. The van der Waals surface area contributed by atoms with Crippen LogP contribution in [0, 0.1) is 5.82 Å². The number of nitrogens with two attached hydrogens (primary N) is 1. The van der Waals surface area contributed by atoms with Crippen molar-refractivity contribution in [1.82, 2.24) is 5.32 Å². The molecule has 1 rings (SSSR count). The van der Waals surface area contributed by atoms with Crippen molar-refractivity contribution in [2.75, 3.05) is 20.3 Å². The Labute approximate surface area is 116 Å².